The quantitative estimate of drug-likeness (QED) is 0.883. The molecule has 7 nitrogen and oxygen atoms in total. The topological polar surface area (TPSA) is 101 Å². The third-order valence-electron chi connectivity index (χ3n) is 2.62. The molecule has 2 rings (SSSR count). The number of methoxy groups -OCH3 is 1. The van der Waals surface area contributed by atoms with Crippen LogP contribution >= 0.6 is 0 Å². The standard InChI is InChI=1S/C13H14N6O/c1-19(8-10-5-3-4-9(6-10)7-14)12-16-11(15)17-13(18-12)20-2/h3-6H,8H2,1-2H3,(H2,15,16,17,18). The van der Waals surface area contributed by atoms with E-state index in [1.165, 1.54) is 7.11 Å². The van der Waals surface area contributed by atoms with Gasteiger partial charge in [0.15, 0.2) is 0 Å². The molecule has 1 aromatic heterocycles. The smallest absolute Gasteiger partial charge is 0.322 e. The van der Waals surface area contributed by atoms with E-state index in [4.69, 9.17) is 15.7 Å². The van der Waals surface area contributed by atoms with E-state index in [9.17, 15) is 0 Å². The Morgan fingerprint density at radius 1 is 1.35 bits per heavy atom. The van der Waals surface area contributed by atoms with E-state index in [1.54, 1.807) is 11.0 Å². The number of rotatable bonds is 4. The van der Waals surface area contributed by atoms with Crippen LogP contribution < -0.4 is 15.4 Å². The number of nitrogens with two attached hydrogens (primary N) is 1. The van der Waals surface area contributed by atoms with Crippen LogP contribution in [0.2, 0.25) is 0 Å². The first-order valence-electron chi connectivity index (χ1n) is 5.88. The first-order valence-corrected chi connectivity index (χ1v) is 5.88. The molecule has 2 aromatic rings. The molecule has 2 N–H and O–H groups in total. The lowest BCUT2D eigenvalue weighted by molar-refractivity contribution is 0.379. The molecule has 0 bridgehead atoms. The molecule has 0 aliphatic carbocycles. The minimum atomic E-state index is 0.101. The third-order valence-corrected chi connectivity index (χ3v) is 2.62. The Morgan fingerprint density at radius 3 is 2.85 bits per heavy atom. The number of hydrogen-bond donors (Lipinski definition) is 1. The summed E-state index contributed by atoms with van der Waals surface area (Å²) in [6.07, 6.45) is 0. The lowest BCUT2D eigenvalue weighted by Crippen LogP contribution is -2.20. The molecular weight excluding hydrogens is 256 g/mol. The molecule has 0 atom stereocenters. The van der Waals surface area contributed by atoms with Gasteiger partial charge < -0.3 is 15.4 Å². The first-order chi connectivity index (χ1) is 9.62. The lowest BCUT2D eigenvalue weighted by atomic mass is 10.1. The summed E-state index contributed by atoms with van der Waals surface area (Å²) in [6, 6.07) is 9.62. The summed E-state index contributed by atoms with van der Waals surface area (Å²) in [4.78, 5) is 13.8. The maximum Gasteiger partial charge on any atom is 0.322 e. The molecule has 1 aromatic carbocycles. The van der Waals surface area contributed by atoms with Gasteiger partial charge in [0.05, 0.1) is 18.7 Å². The van der Waals surface area contributed by atoms with Crippen LogP contribution in [0.5, 0.6) is 6.01 Å². The fraction of sp³-hybridized carbons (Fsp3) is 0.231. The van der Waals surface area contributed by atoms with Crippen molar-refractivity contribution in [2.75, 3.05) is 24.8 Å². The summed E-state index contributed by atoms with van der Waals surface area (Å²) in [5, 5.41) is 8.89. The zero-order chi connectivity index (χ0) is 14.5. The maximum atomic E-state index is 8.89. The van der Waals surface area contributed by atoms with Crippen LogP contribution in [0, 0.1) is 11.3 Å². The molecule has 102 valence electrons. The molecule has 0 aliphatic rings. The molecule has 0 unspecified atom stereocenters. The van der Waals surface area contributed by atoms with Crippen molar-refractivity contribution in [2.45, 2.75) is 6.54 Å². The number of hydrogen-bond acceptors (Lipinski definition) is 7. The summed E-state index contributed by atoms with van der Waals surface area (Å²) in [6.45, 7) is 0.544. The monoisotopic (exact) mass is 270 g/mol. The van der Waals surface area contributed by atoms with Crippen LogP contribution in [0.1, 0.15) is 11.1 Å². The van der Waals surface area contributed by atoms with E-state index >= 15 is 0 Å². The van der Waals surface area contributed by atoms with Crippen molar-refractivity contribution in [3.63, 3.8) is 0 Å². The van der Waals surface area contributed by atoms with Crippen molar-refractivity contribution in [3.8, 4) is 12.1 Å². The Morgan fingerprint density at radius 2 is 2.15 bits per heavy atom. The largest absolute Gasteiger partial charge is 0.467 e. The van der Waals surface area contributed by atoms with Crippen molar-refractivity contribution >= 4 is 11.9 Å². The predicted molar refractivity (Wildman–Crippen MR) is 74.1 cm³/mol. The second-order valence-corrected chi connectivity index (χ2v) is 4.15. The molecular formula is C13H14N6O. The average Bonchev–Trinajstić information content (AvgIpc) is 2.46. The third kappa shape index (κ3) is 3.11. The van der Waals surface area contributed by atoms with Gasteiger partial charge >= 0.3 is 6.01 Å². The van der Waals surface area contributed by atoms with Gasteiger partial charge in [-0.3, -0.25) is 0 Å². The first kappa shape index (κ1) is 13.5. The Bertz CT molecular complexity index is 652. The number of nitrogen functional groups attached to an aromatic ring is 1. The highest BCUT2D eigenvalue weighted by Crippen LogP contribution is 2.15. The molecule has 0 aliphatic heterocycles. The lowest BCUT2D eigenvalue weighted by Gasteiger charge is -2.17. The van der Waals surface area contributed by atoms with Crippen molar-refractivity contribution in [3.05, 3.63) is 35.4 Å². The highest BCUT2D eigenvalue weighted by atomic mass is 16.5. The van der Waals surface area contributed by atoms with Crippen molar-refractivity contribution in [1.82, 2.24) is 15.0 Å². The summed E-state index contributed by atoms with van der Waals surface area (Å²) < 4.78 is 4.96. The highest BCUT2D eigenvalue weighted by molar-refractivity contribution is 5.38. The van der Waals surface area contributed by atoms with E-state index in [-0.39, 0.29) is 12.0 Å². The molecule has 0 saturated carbocycles. The second kappa shape index (κ2) is 5.84. The minimum absolute atomic E-state index is 0.101. The van der Waals surface area contributed by atoms with Gasteiger partial charge in [-0.25, -0.2) is 0 Å². The molecule has 1 heterocycles. The summed E-state index contributed by atoms with van der Waals surface area (Å²) >= 11 is 0. The molecule has 7 heteroatoms. The van der Waals surface area contributed by atoms with Crippen LogP contribution in [0.3, 0.4) is 0 Å². The summed E-state index contributed by atoms with van der Waals surface area (Å²) in [5.41, 5.74) is 7.19. The fourth-order valence-electron chi connectivity index (χ4n) is 1.71. The summed E-state index contributed by atoms with van der Waals surface area (Å²) in [7, 11) is 3.29. The molecule has 0 radical (unpaired) electrons. The Balaban J connectivity index is 2.21. The van der Waals surface area contributed by atoms with E-state index in [1.807, 2.05) is 25.2 Å². The Labute approximate surface area is 116 Å². The second-order valence-electron chi connectivity index (χ2n) is 4.15. The number of ether oxygens (including phenoxy) is 1. The normalized spacial score (nSPS) is 9.85. The van der Waals surface area contributed by atoms with E-state index < -0.39 is 0 Å². The molecule has 0 spiro atoms. The van der Waals surface area contributed by atoms with Gasteiger partial charge in [0.2, 0.25) is 11.9 Å². The SMILES string of the molecule is COc1nc(N)nc(N(C)Cc2cccc(C#N)c2)n1. The fourth-order valence-corrected chi connectivity index (χ4v) is 1.71. The van der Waals surface area contributed by atoms with Gasteiger partial charge in [-0.05, 0) is 17.7 Å². The number of nitrogens with zero attached hydrogens (tertiary/aromatic N) is 5. The van der Waals surface area contributed by atoms with Gasteiger partial charge in [-0.1, -0.05) is 12.1 Å². The van der Waals surface area contributed by atoms with Gasteiger partial charge in [0, 0.05) is 13.6 Å². The van der Waals surface area contributed by atoms with Crippen molar-refractivity contribution in [2.24, 2.45) is 0 Å². The maximum absolute atomic E-state index is 8.89. The van der Waals surface area contributed by atoms with Gasteiger partial charge in [0.1, 0.15) is 0 Å². The predicted octanol–water partition coefficient (Wildman–Crippen LogP) is 0.970. The Hall–Kier alpha value is -2.88. The number of nitriles is 1. The van der Waals surface area contributed by atoms with Crippen LogP contribution in [0.15, 0.2) is 24.3 Å². The van der Waals surface area contributed by atoms with Gasteiger partial charge in [0.25, 0.3) is 0 Å². The number of anilines is 2. The Kier molecular flexibility index (Phi) is 3.96. The van der Waals surface area contributed by atoms with Gasteiger partial charge in [-0.2, -0.15) is 20.2 Å². The zero-order valence-electron chi connectivity index (χ0n) is 11.2. The van der Waals surface area contributed by atoms with E-state index in [0.717, 1.165) is 5.56 Å². The van der Waals surface area contributed by atoms with Crippen LogP contribution in [0.25, 0.3) is 0 Å². The van der Waals surface area contributed by atoms with Crippen LogP contribution in [-0.4, -0.2) is 29.1 Å². The minimum Gasteiger partial charge on any atom is -0.467 e. The zero-order valence-corrected chi connectivity index (χ0v) is 11.2. The van der Waals surface area contributed by atoms with Gasteiger partial charge in [-0.15, -0.1) is 0 Å². The van der Waals surface area contributed by atoms with Crippen molar-refractivity contribution in [1.29, 1.82) is 5.26 Å². The average molecular weight is 270 g/mol. The van der Waals surface area contributed by atoms with E-state index in [2.05, 4.69) is 21.0 Å². The number of aromatic nitrogens is 3. The van der Waals surface area contributed by atoms with Crippen LogP contribution in [-0.2, 0) is 6.54 Å². The molecule has 0 amide bonds. The van der Waals surface area contributed by atoms with Crippen molar-refractivity contribution < 1.29 is 4.74 Å². The van der Waals surface area contributed by atoms with Crippen LogP contribution in [0.4, 0.5) is 11.9 Å². The number of benzene rings is 1. The summed E-state index contributed by atoms with van der Waals surface area (Å²) in [5.74, 6) is 0.515. The molecule has 20 heavy (non-hydrogen) atoms. The highest BCUT2D eigenvalue weighted by Gasteiger charge is 2.10. The molecule has 0 saturated heterocycles. The molecule has 0 fully saturated rings. The van der Waals surface area contributed by atoms with E-state index in [0.29, 0.717) is 18.1 Å².